The van der Waals surface area contributed by atoms with Gasteiger partial charge >= 0.3 is 11.7 Å². The van der Waals surface area contributed by atoms with Crippen LogP contribution < -0.4 is 16.0 Å². The van der Waals surface area contributed by atoms with E-state index in [2.05, 4.69) is 23.8 Å². The second kappa shape index (κ2) is 11.0. The second-order valence-electron chi connectivity index (χ2n) is 8.29. The summed E-state index contributed by atoms with van der Waals surface area (Å²) in [5.41, 5.74) is 0.782. The lowest BCUT2D eigenvalue weighted by Gasteiger charge is -2.10. The topological polar surface area (TPSA) is 108 Å². The first kappa shape index (κ1) is 24.3. The van der Waals surface area contributed by atoms with E-state index in [9.17, 15) is 14.4 Å². The van der Waals surface area contributed by atoms with E-state index in [1.807, 2.05) is 32.0 Å². The molecule has 0 atom stereocenters. The van der Waals surface area contributed by atoms with Crippen LogP contribution in [0.25, 0.3) is 11.2 Å². The van der Waals surface area contributed by atoms with E-state index in [1.54, 1.807) is 10.6 Å². The molecule has 0 unspecified atom stereocenters. The number of carbonyl (C=O) groups excluding carboxylic acids is 1. The van der Waals surface area contributed by atoms with Gasteiger partial charge in [0.05, 0.1) is 0 Å². The van der Waals surface area contributed by atoms with Crippen molar-refractivity contribution in [2.45, 2.75) is 72.6 Å². The van der Waals surface area contributed by atoms with Crippen LogP contribution in [0, 0.1) is 0 Å². The number of esters is 1. The average molecular weight is 457 g/mol. The summed E-state index contributed by atoms with van der Waals surface area (Å²) in [6.45, 7) is 8.77. The molecule has 2 heterocycles. The monoisotopic (exact) mass is 456 g/mol. The number of aromatic amines is 1. The maximum Gasteiger partial charge on any atom is 0.344 e. The molecule has 0 fully saturated rings. The first-order chi connectivity index (χ1) is 15.8. The zero-order chi connectivity index (χ0) is 24.0. The van der Waals surface area contributed by atoms with Gasteiger partial charge in [0.25, 0.3) is 5.56 Å². The molecule has 1 aromatic carbocycles. The van der Waals surface area contributed by atoms with Gasteiger partial charge in [0.1, 0.15) is 18.2 Å². The molecule has 0 aliphatic heterocycles. The molecule has 3 rings (SSSR count). The maximum atomic E-state index is 12.5. The smallest absolute Gasteiger partial charge is 0.344 e. The van der Waals surface area contributed by atoms with Crippen molar-refractivity contribution in [1.29, 1.82) is 0 Å². The minimum atomic E-state index is -0.544. The van der Waals surface area contributed by atoms with E-state index >= 15 is 0 Å². The Morgan fingerprint density at radius 2 is 1.91 bits per heavy atom. The van der Waals surface area contributed by atoms with Crippen LogP contribution in [0.5, 0.6) is 5.75 Å². The van der Waals surface area contributed by atoms with Crippen molar-refractivity contribution in [3.8, 4) is 5.75 Å². The molecule has 0 saturated carbocycles. The normalized spacial score (nSPS) is 11.3. The molecule has 3 aromatic rings. The van der Waals surface area contributed by atoms with Crippen molar-refractivity contribution in [3.63, 3.8) is 0 Å². The largest absolute Gasteiger partial charge is 0.482 e. The van der Waals surface area contributed by atoms with Gasteiger partial charge in [0, 0.05) is 13.1 Å². The molecular formula is C24H32N4O5. The third-order valence-electron chi connectivity index (χ3n) is 5.39. The lowest BCUT2D eigenvalue weighted by atomic mass is 10.0. The lowest BCUT2D eigenvalue weighted by Crippen LogP contribution is -2.31. The Bertz CT molecular complexity index is 1220. The molecule has 0 spiro atoms. The molecule has 9 heteroatoms. The number of H-pyrrole nitrogens is 1. The Morgan fingerprint density at radius 1 is 1.12 bits per heavy atom. The minimum Gasteiger partial charge on any atom is -0.482 e. The number of unbranched alkanes of at least 4 members (excludes halogenated alkanes) is 1. The first-order valence-electron chi connectivity index (χ1n) is 11.5. The predicted molar refractivity (Wildman–Crippen MR) is 126 cm³/mol. The van der Waals surface area contributed by atoms with E-state index in [0.717, 1.165) is 24.8 Å². The highest BCUT2D eigenvalue weighted by Gasteiger charge is 2.19. The highest BCUT2D eigenvalue weighted by atomic mass is 16.6. The van der Waals surface area contributed by atoms with Crippen molar-refractivity contribution in [3.05, 3.63) is 56.5 Å². The summed E-state index contributed by atoms with van der Waals surface area (Å²) in [5, 5.41) is 0. The highest BCUT2D eigenvalue weighted by molar-refractivity contribution is 5.72. The summed E-state index contributed by atoms with van der Waals surface area (Å²) in [7, 11) is 0. The predicted octanol–water partition coefficient (Wildman–Crippen LogP) is 3.34. The number of aromatic nitrogens is 4. The van der Waals surface area contributed by atoms with Crippen molar-refractivity contribution in [2.75, 3.05) is 6.61 Å². The van der Waals surface area contributed by atoms with Crippen molar-refractivity contribution < 1.29 is 14.3 Å². The second-order valence-corrected chi connectivity index (χ2v) is 8.29. The fraction of sp³-hybridized carbons (Fsp3) is 0.500. The molecule has 0 bridgehead atoms. The third-order valence-corrected chi connectivity index (χ3v) is 5.39. The summed E-state index contributed by atoms with van der Waals surface area (Å²) in [4.78, 5) is 44.1. The quantitative estimate of drug-likeness (QED) is 0.443. The Kier molecular flexibility index (Phi) is 8.08. The van der Waals surface area contributed by atoms with Crippen LogP contribution in [0.4, 0.5) is 0 Å². The standard InChI is InChI=1S/C24H32N4O5/c1-5-7-12-28-22-21(23(30)26-24(28)31)27(11-6-2)19(25-22)14-33-20(29)15-32-18-10-8-9-17(13-18)16(3)4/h8-10,13,16H,5-7,11-12,14-15H2,1-4H3,(H,26,30,31). The minimum absolute atomic E-state index is 0.121. The van der Waals surface area contributed by atoms with Crippen LogP contribution in [0.3, 0.4) is 0 Å². The van der Waals surface area contributed by atoms with Crippen molar-refractivity contribution in [2.24, 2.45) is 0 Å². The van der Waals surface area contributed by atoms with Crippen LogP contribution in [-0.4, -0.2) is 31.7 Å². The highest BCUT2D eigenvalue weighted by Crippen LogP contribution is 2.20. The van der Waals surface area contributed by atoms with Crippen molar-refractivity contribution in [1.82, 2.24) is 19.1 Å². The number of hydrogen-bond acceptors (Lipinski definition) is 6. The molecule has 0 radical (unpaired) electrons. The van der Waals surface area contributed by atoms with Gasteiger partial charge in [0.2, 0.25) is 0 Å². The molecule has 1 N–H and O–H groups in total. The molecule has 0 aliphatic carbocycles. The maximum absolute atomic E-state index is 12.5. The van der Waals surface area contributed by atoms with Crippen LogP contribution in [0.2, 0.25) is 0 Å². The number of nitrogens with zero attached hydrogens (tertiary/aromatic N) is 3. The fourth-order valence-corrected chi connectivity index (χ4v) is 3.61. The van der Waals surface area contributed by atoms with Crippen LogP contribution in [0.1, 0.15) is 64.3 Å². The van der Waals surface area contributed by atoms with Gasteiger partial charge in [-0.1, -0.05) is 46.2 Å². The molecule has 33 heavy (non-hydrogen) atoms. The average Bonchev–Trinajstić information content (AvgIpc) is 3.15. The van der Waals surface area contributed by atoms with Crippen LogP contribution in [0.15, 0.2) is 33.9 Å². The summed E-state index contributed by atoms with van der Waals surface area (Å²) in [5.74, 6) is 0.827. The van der Waals surface area contributed by atoms with Gasteiger partial charge in [0.15, 0.2) is 17.8 Å². The molecule has 2 aromatic heterocycles. The Labute approximate surface area is 192 Å². The third kappa shape index (κ3) is 5.71. The van der Waals surface area contributed by atoms with Gasteiger partial charge in [-0.25, -0.2) is 14.6 Å². The number of hydrogen-bond donors (Lipinski definition) is 1. The number of imidazole rings is 1. The van der Waals surface area contributed by atoms with Gasteiger partial charge in [-0.3, -0.25) is 14.3 Å². The molecule has 0 amide bonds. The van der Waals surface area contributed by atoms with Crippen LogP contribution >= 0.6 is 0 Å². The zero-order valence-electron chi connectivity index (χ0n) is 19.7. The van der Waals surface area contributed by atoms with Gasteiger partial charge in [-0.2, -0.15) is 0 Å². The van der Waals surface area contributed by atoms with E-state index in [4.69, 9.17) is 9.47 Å². The first-order valence-corrected chi connectivity index (χ1v) is 11.5. The molecule has 0 aliphatic rings. The molecule has 178 valence electrons. The lowest BCUT2D eigenvalue weighted by molar-refractivity contribution is -0.147. The van der Waals surface area contributed by atoms with Gasteiger partial charge in [-0.05, 0) is 36.5 Å². The molecular weight excluding hydrogens is 424 g/mol. The van der Waals surface area contributed by atoms with E-state index < -0.39 is 17.2 Å². The number of rotatable bonds is 11. The Balaban J connectivity index is 1.78. The Hall–Kier alpha value is -3.36. The fourth-order valence-electron chi connectivity index (χ4n) is 3.61. The van der Waals surface area contributed by atoms with Gasteiger partial charge < -0.3 is 14.0 Å². The van der Waals surface area contributed by atoms with E-state index in [0.29, 0.717) is 41.7 Å². The van der Waals surface area contributed by atoms with Gasteiger partial charge in [-0.15, -0.1) is 0 Å². The molecule has 0 saturated heterocycles. The number of carbonyl (C=O) groups is 1. The SMILES string of the molecule is CCCCn1c(=O)[nH]c(=O)c2c1nc(COC(=O)COc1cccc(C(C)C)c1)n2CCC. The number of benzene rings is 1. The Morgan fingerprint density at radius 3 is 2.61 bits per heavy atom. The summed E-state index contributed by atoms with van der Waals surface area (Å²) >= 11 is 0. The van der Waals surface area contributed by atoms with E-state index in [-0.39, 0.29) is 13.2 Å². The van der Waals surface area contributed by atoms with E-state index in [1.165, 1.54) is 4.57 Å². The zero-order valence-corrected chi connectivity index (χ0v) is 19.7. The summed E-state index contributed by atoms with van der Waals surface area (Å²) in [6.07, 6.45) is 2.42. The number of ether oxygens (including phenoxy) is 2. The summed E-state index contributed by atoms with van der Waals surface area (Å²) < 4.78 is 14.2. The summed E-state index contributed by atoms with van der Waals surface area (Å²) in [6, 6.07) is 7.59. The van der Waals surface area contributed by atoms with Crippen molar-refractivity contribution >= 4 is 17.1 Å². The number of fused-ring (bicyclic) bond motifs is 1. The molecule has 9 nitrogen and oxygen atoms in total. The number of nitrogens with one attached hydrogen (secondary N) is 1. The van der Waals surface area contributed by atoms with Crippen LogP contribution in [-0.2, 0) is 29.2 Å². The number of aryl methyl sites for hydroxylation is 2.